The van der Waals surface area contributed by atoms with E-state index in [0.717, 1.165) is 23.4 Å². The summed E-state index contributed by atoms with van der Waals surface area (Å²) < 4.78 is 2.19. The zero-order chi connectivity index (χ0) is 14.1. The molecule has 4 heteroatoms. The zero-order valence-corrected chi connectivity index (χ0v) is 12.3. The summed E-state index contributed by atoms with van der Waals surface area (Å²) in [7, 11) is 0. The molecule has 0 aliphatic rings. The standard InChI is InChI=1S/C16H16ClN3/c1-11-9-18-8-7-13(11)10-20-15-6-4-3-5-14(15)19-16(20)12(2)17/h3-9,12H,10H2,1-2H3. The lowest BCUT2D eigenvalue weighted by Crippen LogP contribution is -2.07. The summed E-state index contributed by atoms with van der Waals surface area (Å²) in [5.41, 5.74) is 4.52. The van der Waals surface area contributed by atoms with Crippen LogP contribution in [0.3, 0.4) is 0 Å². The fourth-order valence-corrected chi connectivity index (χ4v) is 2.58. The molecule has 1 atom stereocenters. The topological polar surface area (TPSA) is 30.7 Å². The summed E-state index contributed by atoms with van der Waals surface area (Å²) >= 11 is 6.29. The largest absolute Gasteiger partial charge is 0.322 e. The van der Waals surface area contributed by atoms with Gasteiger partial charge < -0.3 is 4.57 Å². The minimum Gasteiger partial charge on any atom is -0.322 e. The van der Waals surface area contributed by atoms with Crippen molar-refractivity contribution in [2.75, 3.05) is 0 Å². The van der Waals surface area contributed by atoms with Crippen molar-refractivity contribution in [1.29, 1.82) is 0 Å². The van der Waals surface area contributed by atoms with Crippen LogP contribution in [0.15, 0.2) is 42.7 Å². The Kier molecular flexibility index (Phi) is 3.45. The molecule has 0 spiro atoms. The van der Waals surface area contributed by atoms with Crippen LogP contribution in [-0.2, 0) is 6.54 Å². The number of aryl methyl sites for hydroxylation is 1. The van der Waals surface area contributed by atoms with Crippen LogP contribution >= 0.6 is 11.6 Å². The van der Waals surface area contributed by atoms with Gasteiger partial charge in [-0.15, -0.1) is 11.6 Å². The number of rotatable bonds is 3. The fraction of sp³-hybridized carbons (Fsp3) is 0.250. The first kappa shape index (κ1) is 13.1. The molecule has 3 aromatic rings. The van der Waals surface area contributed by atoms with Crippen LogP contribution in [0, 0.1) is 6.92 Å². The second kappa shape index (κ2) is 5.25. The molecule has 102 valence electrons. The van der Waals surface area contributed by atoms with Crippen molar-refractivity contribution < 1.29 is 0 Å². The first-order valence-electron chi connectivity index (χ1n) is 6.65. The predicted octanol–water partition coefficient (Wildman–Crippen LogP) is 4.09. The number of para-hydroxylation sites is 2. The summed E-state index contributed by atoms with van der Waals surface area (Å²) in [5, 5.41) is -0.121. The van der Waals surface area contributed by atoms with Gasteiger partial charge in [0, 0.05) is 18.9 Å². The van der Waals surface area contributed by atoms with Gasteiger partial charge in [0.15, 0.2) is 0 Å². The van der Waals surface area contributed by atoms with Gasteiger partial charge in [0.2, 0.25) is 0 Å². The second-order valence-electron chi connectivity index (χ2n) is 4.96. The number of pyridine rings is 1. The van der Waals surface area contributed by atoms with E-state index in [1.165, 1.54) is 11.1 Å². The molecule has 3 rings (SSSR count). The Hall–Kier alpha value is -1.87. The summed E-state index contributed by atoms with van der Waals surface area (Å²) in [6.45, 7) is 4.80. The van der Waals surface area contributed by atoms with Crippen molar-refractivity contribution in [2.24, 2.45) is 0 Å². The van der Waals surface area contributed by atoms with Crippen molar-refractivity contribution >= 4 is 22.6 Å². The molecular weight excluding hydrogens is 270 g/mol. The van der Waals surface area contributed by atoms with Gasteiger partial charge in [0.25, 0.3) is 0 Å². The Morgan fingerprint density at radius 2 is 2.05 bits per heavy atom. The normalized spacial score (nSPS) is 12.8. The highest BCUT2D eigenvalue weighted by molar-refractivity contribution is 6.20. The van der Waals surface area contributed by atoms with Crippen LogP contribution in [0.4, 0.5) is 0 Å². The van der Waals surface area contributed by atoms with Crippen LogP contribution in [0.2, 0.25) is 0 Å². The van der Waals surface area contributed by atoms with E-state index in [2.05, 4.69) is 27.5 Å². The van der Waals surface area contributed by atoms with E-state index < -0.39 is 0 Å². The van der Waals surface area contributed by atoms with E-state index in [9.17, 15) is 0 Å². The van der Waals surface area contributed by atoms with Crippen molar-refractivity contribution in [3.8, 4) is 0 Å². The number of alkyl halides is 1. The molecule has 2 heterocycles. The highest BCUT2D eigenvalue weighted by atomic mass is 35.5. The molecule has 0 N–H and O–H groups in total. The van der Waals surface area contributed by atoms with E-state index in [0.29, 0.717) is 0 Å². The van der Waals surface area contributed by atoms with Gasteiger partial charge in [-0.25, -0.2) is 4.98 Å². The molecule has 0 aliphatic carbocycles. The number of nitrogens with zero attached hydrogens (tertiary/aromatic N) is 3. The molecule has 0 amide bonds. The molecule has 0 saturated carbocycles. The lowest BCUT2D eigenvalue weighted by molar-refractivity contribution is 0.738. The van der Waals surface area contributed by atoms with Crippen molar-refractivity contribution in [3.05, 3.63) is 59.7 Å². The minimum absolute atomic E-state index is 0.121. The van der Waals surface area contributed by atoms with Crippen LogP contribution in [0.1, 0.15) is 29.3 Å². The van der Waals surface area contributed by atoms with E-state index in [1.807, 2.05) is 43.6 Å². The molecule has 3 nitrogen and oxygen atoms in total. The Bertz CT molecular complexity index is 746. The average Bonchev–Trinajstić information content (AvgIpc) is 2.81. The quantitative estimate of drug-likeness (QED) is 0.679. The number of halogens is 1. The van der Waals surface area contributed by atoms with Crippen LogP contribution in [0.25, 0.3) is 11.0 Å². The highest BCUT2D eigenvalue weighted by Crippen LogP contribution is 2.25. The number of benzene rings is 1. The van der Waals surface area contributed by atoms with Gasteiger partial charge in [-0.3, -0.25) is 4.98 Å². The summed E-state index contributed by atoms with van der Waals surface area (Å²) in [5.74, 6) is 0.907. The predicted molar refractivity (Wildman–Crippen MR) is 82.1 cm³/mol. The number of fused-ring (bicyclic) bond motifs is 1. The van der Waals surface area contributed by atoms with Gasteiger partial charge in [0.1, 0.15) is 5.82 Å². The van der Waals surface area contributed by atoms with Crippen molar-refractivity contribution in [3.63, 3.8) is 0 Å². The molecule has 1 unspecified atom stereocenters. The third-order valence-electron chi connectivity index (χ3n) is 3.50. The van der Waals surface area contributed by atoms with E-state index in [1.54, 1.807) is 0 Å². The number of imidazole rings is 1. The third-order valence-corrected chi connectivity index (χ3v) is 3.70. The maximum atomic E-state index is 6.29. The number of aromatic nitrogens is 3. The summed E-state index contributed by atoms with van der Waals surface area (Å²) in [6, 6.07) is 10.2. The zero-order valence-electron chi connectivity index (χ0n) is 11.5. The van der Waals surface area contributed by atoms with E-state index in [4.69, 9.17) is 11.6 Å². The molecule has 20 heavy (non-hydrogen) atoms. The molecule has 2 aromatic heterocycles. The van der Waals surface area contributed by atoms with Crippen molar-refractivity contribution in [1.82, 2.24) is 14.5 Å². The van der Waals surface area contributed by atoms with Crippen molar-refractivity contribution in [2.45, 2.75) is 25.8 Å². The molecule has 1 aromatic carbocycles. The molecule has 0 aliphatic heterocycles. The van der Waals surface area contributed by atoms with Gasteiger partial charge in [-0.05, 0) is 43.2 Å². The average molecular weight is 286 g/mol. The molecule has 0 fully saturated rings. The Labute approximate surface area is 123 Å². The van der Waals surface area contributed by atoms with Crippen LogP contribution in [-0.4, -0.2) is 14.5 Å². The Morgan fingerprint density at radius 3 is 2.80 bits per heavy atom. The first-order chi connectivity index (χ1) is 9.66. The lowest BCUT2D eigenvalue weighted by atomic mass is 10.1. The van der Waals surface area contributed by atoms with Gasteiger partial charge in [-0.2, -0.15) is 0 Å². The lowest BCUT2D eigenvalue weighted by Gasteiger charge is -2.12. The molecular formula is C16H16ClN3. The second-order valence-corrected chi connectivity index (χ2v) is 5.62. The third kappa shape index (κ3) is 2.29. The first-order valence-corrected chi connectivity index (χ1v) is 7.09. The molecule has 0 radical (unpaired) electrons. The minimum atomic E-state index is -0.121. The highest BCUT2D eigenvalue weighted by Gasteiger charge is 2.15. The smallest absolute Gasteiger partial charge is 0.128 e. The fourth-order valence-electron chi connectivity index (χ4n) is 2.41. The summed E-state index contributed by atoms with van der Waals surface area (Å²) in [6.07, 6.45) is 3.71. The van der Waals surface area contributed by atoms with Gasteiger partial charge in [0.05, 0.1) is 16.4 Å². The Morgan fingerprint density at radius 1 is 1.25 bits per heavy atom. The van der Waals surface area contributed by atoms with E-state index >= 15 is 0 Å². The van der Waals surface area contributed by atoms with Crippen LogP contribution < -0.4 is 0 Å². The SMILES string of the molecule is Cc1cnccc1Cn1c(C(C)Cl)nc2ccccc21. The van der Waals surface area contributed by atoms with E-state index in [-0.39, 0.29) is 5.38 Å². The number of hydrogen-bond donors (Lipinski definition) is 0. The maximum absolute atomic E-state index is 6.29. The Balaban J connectivity index is 2.14. The molecule has 0 bridgehead atoms. The number of hydrogen-bond acceptors (Lipinski definition) is 2. The summed E-state index contributed by atoms with van der Waals surface area (Å²) in [4.78, 5) is 8.80. The van der Waals surface area contributed by atoms with Crippen LogP contribution in [0.5, 0.6) is 0 Å². The van der Waals surface area contributed by atoms with Gasteiger partial charge >= 0.3 is 0 Å². The van der Waals surface area contributed by atoms with Gasteiger partial charge in [-0.1, -0.05) is 12.1 Å². The maximum Gasteiger partial charge on any atom is 0.128 e. The molecule has 0 saturated heterocycles. The monoisotopic (exact) mass is 285 g/mol.